The van der Waals surface area contributed by atoms with Gasteiger partial charge in [-0.15, -0.1) is 0 Å². The predicted octanol–water partition coefficient (Wildman–Crippen LogP) is 4.97. The number of nitrogens with zero attached hydrogens (tertiary/aromatic N) is 2. The number of carbonyl (C=O) groups is 1. The molecule has 0 radical (unpaired) electrons. The smallest absolute Gasteiger partial charge is 0.335 e. The van der Waals surface area contributed by atoms with Crippen molar-refractivity contribution in [1.82, 2.24) is 4.31 Å². The largest absolute Gasteiger partial charge is 0.478 e. The Morgan fingerprint density at radius 1 is 1.38 bits per heavy atom. The summed E-state index contributed by atoms with van der Waals surface area (Å²) in [5.74, 6) is -0.231. The van der Waals surface area contributed by atoms with E-state index in [0.717, 1.165) is 31.6 Å². The van der Waals surface area contributed by atoms with Crippen LogP contribution in [0.2, 0.25) is 0 Å². The summed E-state index contributed by atoms with van der Waals surface area (Å²) in [5.41, 5.74) is 2.46. The molecule has 1 aromatic carbocycles. The molecule has 5 heteroatoms. The molecule has 24 heavy (non-hydrogen) atoms. The van der Waals surface area contributed by atoms with Crippen LogP contribution in [0.5, 0.6) is 0 Å². The van der Waals surface area contributed by atoms with Crippen molar-refractivity contribution < 1.29 is 9.90 Å². The average molecular weight is 346 g/mol. The summed E-state index contributed by atoms with van der Waals surface area (Å²) in [6, 6.07) is 7.14. The molecule has 1 heterocycles. The van der Waals surface area contributed by atoms with Crippen molar-refractivity contribution in [3.8, 4) is 0 Å². The van der Waals surface area contributed by atoms with Crippen LogP contribution in [-0.2, 0) is 0 Å². The van der Waals surface area contributed by atoms with Crippen molar-refractivity contribution in [2.45, 2.75) is 33.6 Å². The van der Waals surface area contributed by atoms with Crippen LogP contribution >= 0.6 is 12.1 Å². The molecule has 0 unspecified atom stereocenters. The molecule has 0 bridgehead atoms. The highest BCUT2D eigenvalue weighted by Crippen LogP contribution is 2.32. The standard InChI is InChI=1S/C19H26N2O2S/c1-4-17(10-5-8-15(2)3)20-12-7-13-21(24-20)18-11-6-9-16(14-18)19(22)23/h4-6,9-11,14-15H,7-8,12-13H2,1-3H3,(H,22,23)/b10-5-,17-4+. The minimum Gasteiger partial charge on any atom is -0.478 e. The Morgan fingerprint density at radius 2 is 2.17 bits per heavy atom. The van der Waals surface area contributed by atoms with E-state index < -0.39 is 5.97 Å². The van der Waals surface area contributed by atoms with Gasteiger partial charge in [-0.3, -0.25) is 8.61 Å². The minimum absolute atomic E-state index is 0.327. The zero-order valence-corrected chi connectivity index (χ0v) is 15.4. The highest BCUT2D eigenvalue weighted by molar-refractivity contribution is 7.98. The molecule has 1 saturated heterocycles. The number of anilines is 1. The van der Waals surface area contributed by atoms with E-state index in [2.05, 4.69) is 47.6 Å². The van der Waals surface area contributed by atoms with Crippen LogP contribution in [-0.4, -0.2) is 28.5 Å². The molecule has 1 aliphatic heterocycles. The molecule has 0 aliphatic carbocycles. The molecule has 0 aromatic heterocycles. The molecule has 0 spiro atoms. The van der Waals surface area contributed by atoms with E-state index in [1.54, 1.807) is 30.3 Å². The maximum Gasteiger partial charge on any atom is 0.335 e. The topological polar surface area (TPSA) is 43.8 Å². The third-order valence-electron chi connectivity index (χ3n) is 3.78. The summed E-state index contributed by atoms with van der Waals surface area (Å²) in [6.45, 7) is 8.39. The highest BCUT2D eigenvalue weighted by atomic mass is 32.2. The first-order valence-corrected chi connectivity index (χ1v) is 9.13. The van der Waals surface area contributed by atoms with Gasteiger partial charge < -0.3 is 5.11 Å². The lowest BCUT2D eigenvalue weighted by atomic mass is 10.1. The fourth-order valence-corrected chi connectivity index (χ4v) is 3.62. The van der Waals surface area contributed by atoms with Gasteiger partial charge in [-0.05, 0) is 50.0 Å². The van der Waals surface area contributed by atoms with Gasteiger partial charge in [-0.2, -0.15) is 0 Å². The van der Waals surface area contributed by atoms with Crippen molar-refractivity contribution in [2.75, 3.05) is 17.4 Å². The van der Waals surface area contributed by atoms with Gasteiger partial charge in [0.25, 0.3) is 0 Å². The lowest BCUT2D eigenvalue weighted by Crippen LogP contribution is -2.33. The maximum absolute atomic E-state index is 11.2. The van der Waals surface area contributed by atoms with E-state index in [-0.39, 0.29) is 0 Å². The zero-order chi connectivity index (χ0) is 17.5. The summed E-state index contributed by atoms with van der Waals surface area (Å²) in [5, 5.41) is 9.17. The minimum atomic E-state index is -0.888. The summed E-state index contributed by atoms with van der Waals surface area (Å²) < 4.78 is 4.43. The van der Waals surface area contributed by atoms with Crippen molar-refractivity contribution in [1.29, 1.82) is 0 Å². The molecule has 1 aromatic rings. The zero-order valence-electron chi connectivity index (χ0n) is 14.6. The molecule has 1 N–H and O–H groups in total. The van der Waals surface area contributed by atoms with Gasteiger partial charge >= 0.3 is 5.97 Å². The fraction of sp³-hybridized carbons (Fsp3) is 0.421. The van der Waals surface area contributed by atoms with E-state index in [1.807, 2.05) is 6.07 Å². The number of aromatic carboxylic acids is 1. The third kappa shape index (κ3) is 5.06. The number of rotatable bonds is 6. The Bertz CT molecular complexity index is 626. The molecule has 4 nitrogen and oxygen atoms in total. The first kappa shape index (κ1) is 18.5. The van der Waals surface area contributed by atoms with Crippen molar-refractivity contribution in [3.63, 3.8) is 0 Å². The molecule has 0 saturated carbocycles. The van der Waals surface area contributed by atoms with Crippen LogP contribution in [0.15, 0.2) is 48.2 Å². The maximum atomic E-state index is 11.2. The predicted molar refractivity (Wildman–Crippen MR) is 102 cm³/mol. The van der Waals surface area contributed by atoms with Gasteiger partial charge in [0.2, 0.25) is 0 Å². The number of carboxylic acids is 1. The normalized spacial score (nSPS) is 16.2. The lowest BCUT2D eigenvalue weighted by molar-refractivity contribution is 0.0697. The van der Waals surface area contributed by atoms with Gasteiger partial charge in [0, 0.05) is 24.5 Å². The second-order valence-corrected chi connectivity index (χ2v) is 7.29. The number of carboxylic acid groups (broad SMARTS) is 1. The Morgan fingerprint density at radius 3 is 2.83 bits per heavy atom. The summed E-state index contributed by atoms with van der Waals surface area (Å²) in [4.78, 5) is 11.2. The Kier molecular flexibility index (Phi) is 6.79. The summed E-state index contributed by atoms with van der Waals surface area (Å²) >= 11 is 1.65. The third-order valence-corrected chi connectivity index (χ3v) is 4.96. The second-order valence-electron chi connectivity index (χ2n) is 6.24. The molecule has 0 amide bonds. The van der Waals surface area contributed by atoms with Crippen LogP contribution in [0, 0.1) is 5.92 Å². The van der Waals surface area contributed by atoms with Crippen LogP contribution in [0.3, 0.4) is 0 Å². The molecule has 1 fully saturated rings. The molecule has 0 atom stereocenters. The van der Waals surface area contributed by atoms with Crippen LogP contribution < -0.4 is 4.31 Å². The van der Waals surface area contributed by atoms with Crippen molar-refractivity contribution >= 4 is 23.8 Å². The highest BCUT2D eigenvalue weighted by Gasteiger charge is 2.20. The van der Waals surface area contributed by atoms with E-state index in [0.29, 0.717) is 11.5 Å². The van der Waals surface area contributed by atoms with Gasteiger partial charge in [-0.1, -0.05) is 32.1 Å². The Labute approximate surface area is 149 Å². The van der Waals surface area contributed by atoms with Gasteiger partial charge in [0.05, 0.1) is 17.7 Å². The number of allylic oxidation sites excluding steroid dienone is 3. The molecular weight excluding hydrogens is 320 g/mol. The van der Waals surface area contributed by atoms with E-state index >= 15 is 0 Å². The lowest BCUT2D eigenvalue weighted by Gasteiger charge is -2.36. The second kappa shape index (κ2) is 8.83. The number of benzene rings is 1. The molecule has 2 rings (SSSR count). The molecule has 130 valence electrons. The number of hydrogen-bond acceptors (Lipinski definition) is 4. The van der Waals surface area contributed by atoms with Gasteiger partial charge in [0.1, 0.15) is 0 Å². The number of hydrogen-bond donors (Lipinski definition) is 1. The van der Waals surface area contributed by atoms with Crippen molar-refractivity contribution in [2.24, 2.45) is 5.92 Å². The van der Waals surface area contributed by atoms with E-state index in [4.69, 9.17) is 0 Å². The SMILES string of the molecule is C/C=C(\C=C/CC(C)C)N1CCCN(c2cccc(C(=O)O)c2)S1. The van der Waals surface area contributed by atoms with E-state index in [1.165, 1.54) is 5.70 Å². The van der Waals surface area contributed by atoms with Crippen LogP contribution in [0.25, 0.3) is 0 Å². The van der Waals surface area contributed by atoms with E-state index in [9.17, 15) is 9.90 Å². The van der Waals surface area contributed by atoms with Crippen LogP contribution in [0.4, 0.5) is 5.69 Å². The summed E-state index contributed by atoms with van der Waals surface area (Å²) in [7, 11) is 0. The monoisotopic (exact) mass is 346 g/mol. The first-order chi connectivity index (χ1) is 11.5. The fourth-order valence-electron chi connectivity index (χ4n) is 2.49. The molecule has 1 aliphatic rings. The van der Waals surface area contributed by atoms with Gasteiger partial charge in [0.15, 0.2) is 0 Å². The first-order valence-electron chi connectivity index (χ1n) is 8.40. The molecular formula is C19H26N2O2S. The quantitative estimate of drug-likeness (QED) is 0.582. The van der Waals surface area contributed by atoms with Crippen LogP contribution in [0.1, 0.15) is 44.0 Å². The Hall–Kier alpha value is -1.88. The summed E-state index contributed by atoms with van der Waals surface area (Å²) in [6.07, 6.45) is 8.65. The van der Waals surface area contributed by atoms with Gasteiger partial charge in [-0.25, -0.2) is 4.79 Å². The van der Waals surface area contributed by atoms with Crippen molar-refractivity contribution in [3.05, 3.63) is 53.8 Å². The Balaban J connectivity index is 2.09. The average Bonchev–Trinajstić information content (AvgIpc) is 2.58.